The van der Waals surface area contributed by atoms with Crippen molar-refractivity contribution >= 4 is 5.82 Å². The van der Waals surface area contributed by atoms with Crippen LogP contribution < -0.4 is 5.32 Å². The first-order chi connectivity index (χ1) is 6.83. The zero-order valence-electron chi connectivity index (χ0n) is 8.87. The summed E-state index contributed by atoms with van der Waals surface area (Å²) < 4.78 is 1.81. The minimum absolute atomic E-state index is 0.969. The Morgan fingerprint density at radius 3 is 3.00 bits per heavy atom. The van der Waals surface area contributed by atoms with E-state index in [0.29, 0.717) is 0 Å². The Morgan fingerprint density at radius 1 is 1.50 bits per heavy atom. The average Bonchev–Trinajstić information content (AvgIpc) is 2.58. The lowest BCUT2D eigenvalue weighted by Crippen LogP contribution is -2.02. The molecular weight excluding hydrogens is 174 g/mol. The quantitative estimate of drug-likeness (QED) is 0.533. The molecule has 0 fully saturated rings. The van der Waals surface area contributed by atoms with Crippen LogP contribution in [0.5, 0.6) is 0 Å². The van der Waals surface area contributed by atoms with E-state index in [1.165, 1.54) is 19.3 Å². The summed E-state index contributed by atoms with van der Waals surface area (Å²) in [6.45, 7) is 4.71. The number of anilines is 1. The molecule has 0 aliphatic heterocycles. The predicted molar refractivity (Wildman–Crippen MR) is 60.4 cm³/mol. The fourth-order valence-corrected chi connectivity index (χ4v) is 1.32. The van der Waals surface area contributed by atoms with Gasteiger partial charge in [-0.3, -0.25) is 4.68 Å². The van der Waals surface area contributed by atoms with Gasteiger partial charge in [-0.05, 0) is 19.3 Å². The lowest BCUT2D eigenvalue weighted by atomic mass is 10.2. The number of allylic oxidation sites excluding steroid dienone is 1. The topological polar surface area (TPSA) is 29.9 Å². The molecule has 0 saturated heterocycles. The van der Waals surface area contributed by atoms with E-state index >= 15 is 0 Å². The molecule has 0 amide bonds. The molecule has 0 saturated carbocycles. The molecule has 0 unspecified atom stereocenters. The second-order valence-corrected chi connectivity index (χ2v) is 3.44. The van der Waals surface area contributed by atoms with Crippen LogP contribution in [0, 0.1) is 0 Å². The number of unbranched alkanes of at least 4 members (excludes halogenated alkanes) is 3. The molecule has 0 aliphatic carbocycles. The number of aromatic nitrogens is 2. The predicted octanol–water partition coefficient (Wildman–Crippen LogP) is 2.58. The summed E-state index contributed by atoms with van der Waals surface area (Å²) in [7, 11) is 1.93. The molecule has 0 aliphatic rings. The van der Waals surface area contributed by atoms with Crippen molar-refractivity contribution < 1.29 is 0 Å². The number of aryl methyl sites for hydroxylation is 1. The van der Waals surface area contributed by atoms with Crippen molar-refractivity contribution in [2.45, 2.75) is 25.7 Å². The molecule has 1 heterocycles. The van der Waals surface area contributed by atoms with Crippen molar-refractivity contribution in [2.75, 3.05) is 11.9 Å². The molecule has 0 aromatic carbocycles. The first-order valence-corrected chi connectivity index (χ1v) is 5.17. The van der Waals surface area contributed by atoms with Crippen LogP contribution in [0.25, 0.3) is 0 Å². The smallest absolute Gasteiger partial charge is 0.147 e. The lowest BCUT2D eigenvalue weighted by Gasteiger charge is -2.01. The van der Waals surface area contributed by atoms with Gasteiger partial charge in [0.2, 0.25) is 0 Å². The third-order valence-electron chi connectivity index (χ3n) is 2.10. The maximum atomic E-state index is 4.23. The van der Waals surface area contributed by atoms with Crippen LogP contribution in [0.2, 0.25) is 0 Å². The highest BCUT2D eigenvalue weighted by Gasteiger charge is 1.93. The summed E-state index contributed by atoms with van der Waals surface area (Å²) in [4.78, 5) is 0. The zero-order chi connectivity index (χ0) is 10.2. The zero-order valence-corrected chi connectivity index (χ0v) is 8.87. The molecule has 3 heteroatoms. The SMILES string of the molecule is C=CCCCCCNc1ccn(C)n1. The highest BCUT2D eigenvalue weighted by molar-refractivity contribution is 5.31. The van der Waals surface area contributed by atoms with E-state index in [1.807, 2.05) is 25.4 Å². The average molecular weight is 193 g/mol. The van der Waals surface area contributed by atoms with Crippen LogP contribution in [0.4, 0.5) is 5.82 Å². The van der Waals surface area contributed by atoms with E-state index in [1.54, 1.807) is 4.68 Å². The van der Waals surface area contributed by atoms with Crippen molar-refractivity contribution in [1.82, 2.24) is 9.78 Å². The second-order valence-electron chi connectivity index (χ2n) is 3.44. The molecule has 0 spiro atoms. The third kappa shape index (κ3) is 4.12. The molecule has 0 atom stereocenters. The normalized spacial score (nSPS) is 10.1. The van der Waals surface area contributed by atoms with E-state index in [9.17, 15) is 0 Å². The van der Waals surface area contributed by atoms with Gasteiger partial charge in [0.1, 0.15) is 5.82 Å². The van der Waals surface area contributed by atoms with Crippen LogP contribution in [0.3, 0.4) is 0 Å². The van der Waals surface area contributed by atoms with Crippen molar-refractivity contribution in [3.05, 3.63) is 24.9 Å². The minimum Gasteiger partial charge on any atom is -0.369 e. The number of hydrogen-bond acceptors (Lipinski definition) is 2. The monoisotopic (exact) mass is 193 g/mol. The van der Waals surface area contributed by atoms with Crippen LogP contribution in [-0.2, 0) is 7.05 Å². The van der Waals surface area contributed by atoms with Gasteiger partial charge in [-0.1, -0.05) is 12.5 Å². The van der Waals surface area contributed by atoms with Gasteiger partial charge in [0.25, 0.3) is 0 Å². The molecular formula is C11H19N3. The molecule has 14 heavy (non-hydrogen) atoms. The maximum Gasteiger partial charge on any atom is 0.147 e. The van der Waals surface area contributed by atoms with Crippen LogP contribution >= 0.6 is 0 Å². The molecule has 1 rings (SSSR count). The molecule has 1 aromatic rings. The summed E-state index contributed by atoms with van der Waals surface area (Å²) in [5.41, 5.74) is 0. The van der Waals surface area contributed by atoms with Gasteiger partial charge >= 0.3 is 0 Å². The van der Waals surface area contributed by atoms with Gasteiger partial charge in [-0.2, -0.15) is 5.10 Å². The summed E-state index contributed by atoms with van der Waals surface area (Å²) in [5, 5.41) is 7.52. The molecule has 78 valence electrons. The number of nitrogens with zero attached hydrogens (tertiary/aromatic N) is 2. The third-order valence-corrected chi connectivity index (χ3v) is 2.10. The minimum atomic E-state index is 0.969. The number of hydrogen-bond donors (Lipinski definition) is 1. The Balaban J connectivity index is 2.01. The molecule has 0 bridgehead atoms. The lowest BCUT2D eigenvalue weighted by molar-refractivity contribution is 0.704. The summed E-state index contributed by atoms with van der Waals surface area (Å²) in [5.74, 6) is 0.969. The Labute approximate surface area is 85.8 Å². The van der Waals surface area contributed by atoms with Gasteiger partial charge in [-0.25, -0.2) is 0 Å². The highest BCUT2D eigenvalue weighted by Crippen LogP contribution is 2.03. The second kappa shape index (κ2) is 6.24. The Morgan fingerprint density at radius 2 is 2.36 bits per heavy atom. The summed E-state index contributed by atoms with van der Waals surface area (Å²) in [6.07, 6.45) is 8.75. The van der Waals surface area contributed by atoms with Crippen molar-refractivity contribution in [2.24, 2.45) is 7.05 Å². The fraction of sp³-hybridized carbons (Fsp3) is 0.545. The Kier molecular flexibility index (Phi) is 4.83. The van der Waals surface area contributed by atoms with Crippen LogP contribution in [-0.4, -0.2) is 16.3 Å². The summed E-state index contributed by atoms with van der Waals surface area (Å²) in [6, 6.07) is 1.99. The van der Waals surface area contributed by atoms with E-state index < -0.39 is 0 Å². The number of rotatable bonds is 7. The van der Waals surface area contributed by atoms with E-state index in [4.69, 9.17) is 0 Å². The van der Waals surface area contributed by atoms with Crippen LogP contribution in [0.15, 0.2) is 24.9 Å². The number of nitrogens with one attached hydrogen (secondary N) is 1. The first-order valence-electron chi connectivity index (χ1n) is 5.17. The van der Waals surface area contributed by atoms with Gasteiger partial charge in [0.05, 0.1) is 0 Å². The molecule has 1 N–H and O–H groups in total. The molecule has 0 radical (unpaired) electrons. The van der Waals surface area contributed by atoms with Gasteiger partial charge in [0, 0.05) is 25.9 Å². The molecule has 3 nitrogen and oxygen atoms in total. The Bertz CT molecular complexity index is 265. The van der Waals surface area contributed by atoms with E-state index in [2.05, 4.69) is 17.0 Å². The van der Waals surface area contributed by atoms with E-state index in [0.717, 1.165) is 18.8 Å². The first kappa shape index (κ1) is 10.8. The van der Waals surface area contributed by atoms with Gasteiger partial charge < -0.3 is 5.32 Å². The van der Waals surface area contributed by atoms with Gasteiger partial charge in [0.15, 0.2) is 0 Å². The van der Waals surface area contributed by atoms with E-state index in [-0.39, 0.29) is 0 Å². The van der Waals surface area contributed by atoms with Crippen molar-refractivity contribution in [1.29, 1.82) is 0 Å². The summed E-state index contributed by atoms with van der Waals surface area (Å²) >= 11 is 0. The molecule has 1 aromatic heterocycles. The van der Waals surface area contributed by atoms with Gasteiger partial charge in [-0.15, -0.1) is 6.58 Å². The largest absolute Gasteiger partial charge is 0.369 e. The Hall–Kier alpha value is -1.25. The van der Waals surface area contributed by atoms with Crippen molar-refractivity contribution in [3.63, 3.8) is 0 Å². The fourth-order valence-electron chi connectivity index (χ4n) is 1.32. The maximum absolute atomic E-state index is 4.23. The van der Waals surface area contributed by atoms with Crippen LogP contribution in [0.1, 0.15) is 25.7 Å². The van der Waals surface area contributed by atoms with Crippen molar-refractivity contribution in [3.8, 4) is 0 Å². The standard InChI is InChI=1S/C11H19N3/c1-3-4-5-6-7-9-12-11-8-10-14(2)13-11/h3,8,10H,1,4-7,9H2,2H3,(H,12,13). The highest BCUT2D eigenvalue weighted by atomic mass is 15.3.